The number of piperidine rings is 1. The normalized spacial score (nSPS) is 22.6. The van der Waals surface area contributed by atoms with Crippen LogP contribution in [0.3, 0.4) is 0 Å². The molecule has 6 heterocycles. The molecule has 3 aliphatic heterocycles. The number of ether oxygens (including phenoxy) is 1. The number of imidazole rings is 1. The highest BCUT2D eigenvalue weighted by molar-refractivity contribution is 5.88. The summed E-state index contributed by atoms with van der Waals surface area (Å²) in [6, 6.07) is 12.6. The van der Waals surface area contributed by atoms with Crippen LogP contribution in [0.15, 0.2) is 42.6 Å². The van der Waals surface area contributed by atoms with Crippen LogP contribution in [-0.2, 0) is 18.3 Å². The first kappa shape index (κ1) is 25.6. The highest BCUT2D eigenvalue weighted by Crippen LogP contribution is 2.31. The zero-order valence-electron chi connectivity index (χ0n) is 23.3. The van der Waals surface area contributed by atoms with Crippen molar-refractivity contribution in [2.24, 2.45) is 7.05 Å². The van der Waals surface area contributed by atoms with Gasteiger partial charge in [0.25, 0.3) is 0 Å². The molecule has 0 spiro atoms. The number of hydrogen-bond donors (Lipinski definition) is 0. The molecule has 0 saturated carbocycles. The summed E-state index contributed by atoms with van der Waals surface area (Å²) in [4.78, 5) is 17.0. The Hall–Kier alpha value is -3.34. The van der Waals surface area contributed by atoms with Gasteiger partial charge in [-0.15, -0.1) is 0 Å². The van der Waals surface area contributed by atoms with E-state index in [9.17, 15) is 0 Å². The number of morpholine rings is 1. The molecule has 4 aromatic rings. The number of fused-ring (bicyclic) bond motifs is 1. The predicted octanol–water partition coefficient (Wildman–Crippen LogP) is 3.58. The Balaban J connectivity index is 1.21. The molecule has 2 atom stereocenters. The molecular weight excluding hydrogens is 507 g/mol. The molecule has 1 aromatic carbocycles. The maximum atomic E-state index is 15.1. The molecule has 0 aliphatic carbocycles. The van der Waals surface area contributed by atoms with Crippen LogP contribution >= 0.6 is 0 Å². The Labute approximate surface area is 234 Å². The van der Waals surface area contributed by atoms with Crippen LogP contribution in [0.25, 0.3) is 28.2 Å². The van der Waals surface area contributed by atoms with E-state index >= 15 is 4.39 Å². The third-order valence-electron chi connectivity index (χ3n) is 8.69. The fraction of sp³-hybridized carbons (Fsp3) is 0.500. The predicted molar refractivity (Wildman–Crippen MR) is 154 cm³/mol. The summed E-state index contributed by atoms with van der Waals surface area (Å²) in [6.07, 6.45) is 3.21. The van der Waals surface area contributed by atoms with Crippen LogP contribution in [0.2, 0.25) is 0 Å². The first-order valence-electron chi connectivity index (χ1n) is 14.5. The Morgan fingerprint density at radius 1 is 1.02 bits per heavy atom. The molecule has 3 aliphatic rings. The van der Waals surface area contributed by atoms with E-state index in [1.807, 2.05) is 24.0 Å². The summed E-state index contributed by atoms with van der Waals surface area (Å²) in [5.41, 5.74) is 5.92. The lowest BCUT2D eigenvalue weighted by Gasteiger charge is -2.44. The third kappa shape index (κ3) is 4.78. The first-order valence-corrected chi connectivity index (χ1v) is 14.5. The summed E-state index contributed by atoms with van der Waals surface area (Å²) in [6.45, 7) is 9.07. The standard InChI is InChI=1S/C30H37FN8O/c1-21-5-3-6-22(17-21)24-7-12-39(34-24)27-18-26(38-13-15-40-16-14-38)29-30(33-27)35(2)28(32-29)20-36-11-8-25(23(31)19-36)37-9-4-10-37/h3,5-7,12,17-18,23,25H,4,8-11,13-16,19-20H2,1-2H3. The van der Waals surface area contributed by atoms with E-state index < -0.39 is 6.17 Å². The van der Waals surface area contributed by atoms with Gasteiger partial charge in [-0.1, -0.05) is 23.8 Å². The third-order valence-corrected chi connectivity index (χ3v) is 8.69. The Kier molecular flexibility index (Phi) is 6.77. The minimum Gasteiger partial charge on any atom is -0.378 e. The van der Waals surface area contributed by atoms with Crippen molar-refractivity contribution in [3.63, 3.8) is 0 Å². The van der Waals surface area contributed by atoms with Crippen molar-refractivity contribution in [2.45, 2.75) is 38.5 Å². The van der Waals surface area contributed by atoms with Crippen LogP contribution in [0.1, 0.15) is 24.2 Å². The molecule has 0 radical (unpaired) electrons. The average Bonchev–Trinajstić information content (AvgIpc) is 3.55. The number of rotatable bonds is 6. The highest BCUT2D eigenvalue weighted by atomic mass is 19.1. The number of aryl methyl sites for hydroxylation is 2. The molecule has 7 rings (SSSR count). The average molecular weight is 545 g/mol. The number of nitrogens with zero attached hydrogens (tertiary/aromatic N) is 8. The van der Waals surface area contributed by atoms with Crippen molar-refractivity contribution >= 4 is 16.9 Å². The van der Waals surface area contributed by atoms with E-state index in [2.05, 4.69) is 56.5 Å². The molecular formula is C30H37FN8O. The Bertz CT molecular complexity index is 1500. The lowest BCUT2D eigenvalue weighted by Crippen LogP contribution is -2.56. The summed E-state index contributed by atoms with van der Waals surface area (Å²) < 4.78 is 24.7. The minimum atomic E-state index is -0.820. The second-order valence-corrected chi connectivity index (χ2v) is 11.4. The van der Waals surface area contributed by atoms with E-state index in [1.54, 1.807) is 0 Å². The van der Waals surface area contributed by atoms with Gasteiger partial charge in [-0.3, -0.25) is 9.80 Å². The van der Waals surface area contributed by atoms with E-state index in [4.69, 9.17) is 19.8 Å². The van der Waals surface area contributed by atoms with Crippen molar-refractivity contribution < 1.29 is 9.13 Å². The highest BCUT2D eigenvalue weighted by Gasteiger charge is 2.36. The Morgan fingerprint density at radius 2 is 1.88 bits per heavy atom. The van der Waals surface area contributed by atoms with Gasteiger partial charge in [-0.05, 0) is 45.0 Å². The number of aromatic nitrogens is 5. The van der Waals surface area contributed by atoms with Gasteiger partial charge in [-0.2, -0.15) is 5.10 Å². The molecule has 0 N–H and O–H groups in total. The van der Waals surface area contributed by atoms with Gasteiger partial charge in [-0.25, -0.2) is 19.0 Å². The van der Waals surface area contributed by atoms with E-state index in [0.717, 1.165) is 78.9 Å². The van der Waals surface area contributed by atoms with Gasteiger partial charge >= 0.3 is 0 Å². The van der Waals surface area contributed by atoms with E-state index in [1.165, 1.54) is 12.0 Å². The van der Waals surface area contributed by atoms with E-state index in [-0.39, 0.29) is 6.04 Å². The lowest BCUT2D eigenvalue weighted by atomic mass is 9.98. The number of pyridine rings is 1. The molecule has 40 heavy (non-hydrogen) atoms. The number of halogens is 1. The quantitative estimate of drug-likeness (QED) is 0.368. The maximum Gasteiger partial charge on any atom is 0.164 e. The zero-order valence-corrected chi connectivity index (χ0v) is 23.3. The Morgan fingerprint density at radius 3 is 2.62 bits per heavy atom. The number of hydrogen-bond acceptors (Lipinski definition) is 7. The molecule has 210 valence electrons. The second kappa shape index (κ2) is 10.6. The van der Waals surface area contributed by atoms with Crippen molar-refractivity contribution in [1.82, 2.24) is 34.1 Å². The van der Waals surface area contributed by atoms with Crippen molar-refractivity contribution in [2.75, 3.05) is 57.4 Å². The molecule has 0 bridgehead atoms. The van der Waals surface area contributed by atoms with E-state index in [0.29, 0.717) is 26.3 Å². The fourth-order valence-electron chi connectivity index (χ4n) is 6.26. The summed E-state index contributed by atoms with van der Waals surface area (Å²) >= 11 is 0. The zero-order chi connectivity index (χ0) is 27.2. The maximum absolute atomic E-state index is 15.1. The molecule has 3 saturated heterocycles. The molecule has 10 heteroatoms. The fourth-order valence-corrected chi connectivity index (χ4v) is 6.26. The molecule has 2 unspecified atom stereocenters. The van der Waals surface area contributed by atoms with Crippen molar-refractivity contribution in [3.8, 4) is 17.1 Å². The molecule has 9 nitrogen and oxygen atoms in total. The molecule has 3 aromatic heterocycles. The van der Waals surface area contributed by atoms with Crippen LogP contribution in [0, 0.1) is 6.92 Å². The van der Waals surface area contributed by atoms with Gasteiger partial charge in [0, 0.05) is 57.1 Å². The van der Waals surface area contributed by atoms with Crippen molar-refractivity contribution in [1.29, 1.82) is 0 Å². The second-order valence-electron chi connectivity index (χ2n) is 11.4. The van der Waals surface area contributed by atoms with Gasteiger partial charge in [0.2, 0.25) is 0 Å². The monoisotopic (exact) mass is 544 g/mol. The lowest BCUT2D eigenvalue weighted by molar-refractivity contribution is 0.00124. The van der Waals surface area contributed by atoms with Crippen LogP contribution < -0.4 is 4.90 Å². The summed E-state index contributed by atoms with van der Waals surface area (Å²) in [5, 5.41) is 4.88. The number of anilines is 1. The van der Waals surface area contributed by atoms with Gasteiger partial charge in [0.05, 0.1) is 31.1 Å². The molecule has 0 amide bonds. The van der Waals surface area contributed by atoms with Crippen LogP contribution in [0.5, 0.6) is 0 Å². The van der Waals surface area contributed by atoms with Crippen LogP contribution in [0.4, 0.5) is 10.1 Å². The number of alkyl halides is 1. The van der Waals surface area contributed by atoms with Gasteiger partial charge in [0.15, 0.2) is 11.5 Å². The molecule has 3 fully saturated rings. The SMILES string of the molecule is Cc1cccc(-c2ccn(-c3cc(N4CCOCC4)c4nc(CN5CCC(N6CCC6)C(F)C5)n(C)c4n3)n2)c1. The number of benzene rings is 1. The largest absolute Gasteiger partial charge is 0.378 e. The van der Waals surface area contributed by atoms with Crippen molar-refractivity contribution in [3.05, 3.63) is 54.0 Å². The van der Waals surface area contributed by atoms with Crippen LogP contribution in [-0.4, -0.2) is 98.8 Å². The number of likely N-dealkylation sites (tertiary alicyclic amines) is 2. The topological polar surface area (TPSA) is 67.5 Å². The summed E-state index contributed by atoms with van der Waals surface area (Å²) in [7, 11) is 2.02. The first-order chi connectivity index (χ1) is 19.5. The minimum absolute atomic E-state index is 0.0707. The smallest absolute Gasteiger partial charge is 0.164 e. The van der Waals surface area contributed by atoms with Gasteiger partial charge < -0.3 is 14.2 Å². The van der Waals surface area contributed by atoms with Gasteiger partial charge in [0.1, 0.15) is 17.5 Å². The summed E-state index contributed by atoms with van der Waals surface area (Å²) in [5.74, 6) is 1.66.